The van der Waals surface area contributed by atoms with Crippen LogP contribution in [0.1, 0.15) is 25.0 Å². The van der Waals surface area contributed by atoms with Crippen LogP contribution in [0, 0.1) is 19.8 Å². The molecule has 1 unspecified atom stereocenters. The van der Waals surface area contributed by atoms with Gasteiger partial charge in [-0.25, -0.2) is 0 Å². The van der Waals surface area contributed by atoms with Gasteiger partial charge in [0.25, 0.3) is 0 Å². The Morgan fingerprint density at radius 3 is 2.32 bits per heavy atom. The topological polar surface area (TPSA) is 41.5 Å². The molecule has 1 atom stereocenters. The lowest BCUT2D eigenvalue weighted by Gasteiger charge is -2.15. The van der Waals surface area contributed by atoms with Crippen LogP contribution in [0.4, 0.5) is 0 Å². The van der Waals surface area contributed by atoms with Crippen LogP contribution < -0.4 is 10.1 Å². The molecule has 1 aromatic rings. The molecule has 4 heteroatoms. The van der Waals surface area contributed by atoms with E-state index in [2.05, 4.69) is 35.1 Å². The molecule has 0 saturated heterocycles. The van der Waals surface area contributed by atoms with Crippen LogP contribution in [0.2, 0.25) is 0 Å². The van der Waals surface area contributed by atoms with Gasteiger partial charge in [0.2, 0.25) is 0 Å². The van der Waals surface area contributed by atoms with E-state index in [1.165, 1.54) is 0 Å². The van der Waals surface area contributed by atoms with Crippen molar-refractivity contribution in [3.63, 3.8) is 0 Å². The second-order valence-electron chi connectivity index (χ2n) is 5.39. The molecule has 0 amide bonds. The largest absolute Gasteiger partial charge is 0.491 e. The van der Waals surface area contributed by atoms with Gasteiger partial charge in [0, 0.05) is 11.0 Å². The van der Waals surface area contributed by atoms with Crippen LogP contribution in [0.5, 0.6) is 5.75 Å². The fourth-order valence-electron chi connectivity index (χ4n) is 1.78. The van der Waals surface area contributed by atoms with Crippen molar-refractivity contribution < 1.29 is 9.84 Å². The van der Waals surface area contributed by atoms with Gasteiger partial charge in [-0.05, 0) is 49.6 Å². The van der Waals surface area contributed by atoms with Crippen molar-refractivity contribution in [1.82, 2.24) is 5.32 Å². The van der Waals surface area contributed by atoms with E-state index < -0.39 is 6.10 Å². The third-order valence-corrected chi connectivity index (χ3v) is 4.04. The molecule has 0 aromatic heterocycles. The van der Waals surface area contributed by atoms with Crippen LogP contribution in [0.3, 0.4) is 0 Å². The van der Waals surface area contributed by atoms with E-state index in [9.17, 15) is 5.11 Å². The summed E-state index contributed by atoms with van der Waals surface area (Å²) in [6.45, 7) is 10.1. The van der Waals surface area contributed by atoms with Gasteiger partial charge in [-0.1, -0.05) is 29.8 Å². The predicted octanol–water partition coefficient (Wildman–Crippen LogP) is 3.05. The van der Waals surface area contributed by atoms with E-state index >= 15 is 0 Å². The van der Waals surface area contributed by atoms with E-state index in [-0.39, 0.29) is 0 Å². The third kappa shape index (κ3) is 5.93. The lowest BCUT2D eigenvalue weighted by molar-refractivity contribution is 0.106. The normalized spacial score (nSPS) is 12.8. The number of aliphatic hydroxyl groups is 1. The monoisotopic (exact) mass is 329 g/mol. The van der Waals surface area contributed by atoms with Crippen LogP contribution in [0.15, 0.2) is 16.6 Å². The fraction of sp³-hybridized carbons (Fsp3) is 0.600. The van der Waals surface area contributed by atoms with Crippen molar-refractivity contribution in [1.29, 1.82) is 0 Å². The Bertz CT molecular complexity index is 384. The van der Waals surface area contributed by atoms with Crippen molar-refractivity contribution >= 4 is 15.9 Å². The number of benzene rings is 1. The Hall–Kier alpha value is -0.580. The summed E-state index contributed by atoms with van der Waals surface area (Å²) in [6.07, 6.45) is -0.483. The summed E-state index contributed by atoms with van der Waals surface area (Å²) >= 11 is 3.53. The van der Waals surface area contributed by atoms with Crippen molar-refractivity contribution in [2.75, 3.05) is 19.7 Å². The Kier molecular flexibility index (Phi) is 6.83. The minimum absolute atomic E-state index is 0.311. The van der Waals surface area contributed by atoms with Gasteiger partial charge in [-0.3, -0.25) is 0 Å². The quantitative estimate of drug-likeness (QED) is 0.807. The molecule has 0 aliphatic carbocycles. The number of rotatable bonds is 7. The molecule has 0 aliphatic rings. The van der Waals surface area contributed by atoms with Crippen molar-refractivity contribution in [2.24, 2.45) is 5.92 Å². The van der Waals surface area contributed by atoms with Crippen LogP contribution in [-0.4, -0.2) is 30.9 Å². The van der Waals surface area contributed by atoms with Gasteiger partial charge in [-0.2, -0.15) is 0 Å². The molecular formula is C15H24BrNO2. The molecule has 2 N–H and O–H groups in total. The van der Waals surface area contributed by atoms with Crippen LogP contribution >= 0.6 is 15.9 Å². The summed E-state index contributed by atoms with van der Waals surface area (Å²) in [7, 11) is 0. The maximum atomic E-state index is 9.82. The Morgan fingerprint density at radius 2 is 1.79 bits per heavy atom. The second-order valence-corrected chi connectivity index (χ2v) is 6.18. The summed E-state index contributed by atoms with van der Waals surface area (Å²) in [4.78, 5) is 0. The Labute approximate surface area is 124 Å². The first-order valence-corrected chi connectivity index (χ1v) is 7.47. The Morgan fingerprint density at radius 1 is 1.21 bits per heavy atom. The number of halogens is 1. The molecule has 0 bridgehead atoms. The third-order valence-electron chi connectivity index (χ3n) is 2.78. The summed E-state index contributed by atoms with van der Waals surface area (Å²) < 4.78 is 6.74. The number of hydrogen-bond acceptors (Lipinski definition) is 3. The minimum Gasteiger partial charge on any atom is -0.491 e. The summed E-state index contributed by atoms with van der Waals surface area (Å²) in [5, 5.41) is 13.0. The fourth-order valence-corrected chi connectivity index (χ4v) is 2.01. The number of ether oxygens (including phenoxy) is 1. The van der Waals surface area contributed by atoms with Crippen molar-refractivity contribution in [3.8, 4) is 5.75 Å². The van der Waals surface area contributed by atoms with E-state index in [0.29, 0.717) is 19.1 Å². The number of nitrogens with one attached hydrogen (secondary N) is 1. The molecule has 0 radical (unpaired) electrons. The minimum atomic E-state index is -0.483. The van der Waals surface area contributed by atoms with Gasteiger partial charge < -0.3 is 15.2 Å². The van der Waals surface area contributed by atoms with Crippen LogP contribution in [0.25, 0.3) is 0 Å². The molecule has 108 valence electrons. The van der Waals surface area contributed by atoms with Gasteiger partial charge in [-0.15, -0.1) is 0 Å². The highest BCUT2D eigenvalue weighted by molar-refractivity contribution is 9.10. The predicted molar refractivity (Wildman–Crippen MR) is 82.8 cm³/mol. The molecule has 0 spiro atoms. The second kappa shape index (κ2) is 7.88. The summed E-state index contributed by atoms with van der Waals surface area (Å²) in [5.41, 5.74) is 2.28. The van der Waals surface area contributed by atoms with E-state index in [1.807, 2.05) is 26.0 Å². The first-order chi connectivity index (χ1) is 8.90. The molecule has 3 nitrogen and oxygen atoms in total. The van der Waals surface area contributed by atoms with Gasteiger partial charge in [0.05, 0.1) is 0 Å². The van der Waals surface area contributed by atoms with E-state index in [1.54, 1.807) is 0 Å². The standard InChI is InChI=1S/C15H24BrNO2/c1-10(2)7-17-8-13(18)9-19-14-5-11(3)15(16)12(4)6-14/h5-6,10,13,17-18H,7-9H2,1-4H3. The van der Waals surface area contributed by atoms with E-state index in [4.69, 9.17) is 4.74 Å². The van der Waals surface area contributed by atoms with Gasteiger partial charge >= 0.3 is 0 Å². The molecule has 1 aromatic carbocycles. The van der Waals surface area contributed by atoms with Crippen molar-refractivity contribution in [2.45, 2.75) is 33.8 Å². The molecule has 0 saturated carbocycles. The first kappa shape index (κ1) is 16.5. The van der Waals surface area contributed by atoms with E-state index in [0.717, 1.165) is 27.9 Å². The molecule has 0 heterocycles. The highest BCUT2D eigenvalue weighted by Crippen LogP contribution is 2.26. The van der Waals surface area contributed by atoms with Crippen molar-refractivity contribution in [3.05, 3.63) is 27.7 Å². The number of hydrogen-bond donors (Lipinski definition) is 2. The van der Waals surface area contributed by atoms with Gasteiger partial charge in [0.1, 0.15) is 18.5 Å². The lowest BCUT2D eigenvalue weighted by atomic mass is 10.1. The summed E-state index contributed by atoms with van der Waals surface area (Å²) in [6, 6.07) is 3.96. The smallest absolute Gasteiger partial charge is 0.120 e. The Balaban J connectivity index is 2.40. The zero-order valence-electron chi connectivity index (χ0n) is 12.2. The zero-order chi connectivity index (χ0) is 14.4. The summed E-state index contributed by atoms with van der Waals surface area (Å²) in [5.74, 6) is 1.39. The van der Waals surface area contributed by atoms with Gasteiger partial charge in [0.15, 0.2) is 0 Å². The first-order valence-electron chi connectivity index (χ1n) is 6.68. The number of aryl methyl sites for hydroxylation is 2. The molecular weight excluding hydrogens is 306 g/mol. The molecule has 19 heavy (non-hydrogen) atoms. The highest BCUT2D eigenvalue weighted by Gasteiger charge is 2.07. The molecule has 1 rings (SSSR count). The molecule has 0 aliphatic heterocycles. The lowest BCUT2D eigenvalue weighted by Crippen LogP contribution is -2.33. The average Bonchev–Trinajstić information content (AvgIpc) is 2.32. The van der Waals surface area contributed by atoms with Crippen LogP contribution in [-0.2, 0) is 0 Å². The molecule has 0 fully saturated rings. The zero-order valence-corrected chi connectivity index (χ0v) is 13.8. The number of aliphatic hydroxyl groups excluding tert-OH is 1. The average molecular weight is 330 g/mol. The maximum absolute atomic E-state index is 9.82. The highest BCUT2D eigenvalue weighted by atomic mass is 79.9. The maximum Gasteiger partial charge on any atom is 0.120 e. The SMILES string of the molecule is Cc1cc(OCC(O)CNCC(C)C)cc(C)c1Br.